The first-order valence-electron chi connectivity index (χ1n) is 14.8. The van der Waals surface area contributed by atoms with Gasteiger partial charge in [0.25, 0.3) is 0 Å². The zero-order valence-corrected chi connectivity index (χ0v) is 22.9. The van der Waals surface area contributed by atoms with Crippen LogP contribution in [0.1, 0.15) is 182 Å². The van der Waals surface area contributed by atoms with Crippen molar-refractivity contribution in [1.82, 2.24) is 0 Å². The average Bonchev–Trinajstić information content (AvgIpc) is 2.77. The molecule has 0 radical (unpaired) electrons. The summed E-state index contributed by atoms with van der Waals surface area (Å²) >= 11 is 0. The first-order valence-corrected chi connectivity index (χ1v) is 14.8. The lowest BCUT2D eigenvalue weighted by molar-refractivity contribution is -0.137. The van der Waals surface area contributed by atoms with Gasteiger partial charge in [0.1, 0.15) is 0 Å². The molecule has 0 atom stereocenters. The molecule has 1 N–H and O–H groups in total. The van der Waals surface area contributed by atoms with E-state index in [2.05, 4.69) is 27.7 Å². The molecule has 0 bridgehead atoms. The van der Waals surface area contributed by atoms with Gasteiger partial charge in [-0.25, -0.2) is 0 Å². The summed E-state index contributed by atoms with van der Waals surface area (Å²) in [7, 11) is 0. The second-order valence-electron chi connectivity index (χ2n) is 10.2. The summed E-state index contributed by atoms with van der Waals surface area (Å²) in [5.41, 5.74) is 0. The summed E-state index contributed by atoms with van der Waals surface area (Å²) in [6, 6.07) is 0. The Kier molecular flexibility index (Phi) is 32.0. The van der Waals surface area contributed by atoms with Gasteiger partial charge in [-0.1, -0.05) is 169 Å². The normalized spacial score (nSPS) is 10.9. The van der Waals surface area contributed by atoms with Crippen molar-refractivity contribution < 1.29 is 9.90 Å². The van der Waals surface area contributed by atoms with Gasteiger partial charge in [-0.15, -0.1) is 0 Å². The van der Waals surface area contributed by atoms with Crippen LogP contribution in [0.25, 0.3) is 0 Å². The Bertz CT molecular complexity index is 324. The molecule has 0 saturated heterocycles. The molecule has 32 heavy (non-hydrogen) atoms. The molecule has 0 fully saturated rings. The molecule has 194 valence electrons. The van der Waals surface area contributed by atoms with Crippen molar-refractivity contribution in [1.29, 1.82) is 0 Å². The highest BCUT2D eigenvalue weighted by molar-refractivity contribution is 5.66. The van der Waals surface area contributed by atoms with E-state index in [0.717, 1.165) is 18.8 Å². The lowest BCUT2D eigenvalue weighted by Gasteiger charge is -2.10. The maximum absolute atomic E-state index is 10.2. The summed E-state index contributed by atoms with van der Waals surface area (Å²) in [5.74, 6) is 0.315. The number of hydrogen-bond donors (Lipinski definition) is 1. The highest BCUT2D eigenvalue weighted by Gasteiger charge is 2.02. The second-order valence-corrected chi connectivity index (χ2v) is 10.2. The first kappa shape index (κ1) is 33.6. The molecule has 0 rings (SSSR count). The molecule has 0 unspecified atom stereocenters. The van der Waals surface area contributed by atoms with Crippen LogP contribution in [-0.4, -0.2) is 11.1 Å². The van der Waals surface area contributed by atoms with Crippen molar-refractivity contribution in [2.75, 3.05) is 0 Å². The number of unbranched alkanes of at least 4 members (excludes halogenated alkanes) is 18. The van der Waals surface area contributed by atoms with E-state index < -0.39 is 5.97 Å². The summed E-state index contributed by atoms with van der Waals surface area (Å²) in [6.45, 7) is 9.27. The Hall–Kier alpha value is -0.530. The van der Waals surface area contributed by atoms with Gasteiger partial charge in [0, 0.05) is 6.42 Å². The summed E-state index contributed by atoms with van der Waals surface area (Å²) in [5, 5.41) is 8.41. The number of rotatable bonds is 24. The number of hydrogen-bond acceptors (Lipinski definition) is 1. The maximum atomic E-state index is 10.2. The smallest absolute Gasteiger partial charge is 0.303 e. The second kappa shape index (κ2) is 30.5. The Balaban J connectivity index is 0. The van der Waals surface area contributed by atoms with Crippen molar-refractivity contribution in [3.8, 4) is 0 Å². The average molecular weight is 455 g/mol. The Morgan fingerprint density at radius 3 is 1.09 bits per heavy atom. The van der Waals surface area contributed by atoms with Gasteiger partial charge in [0.05, 0.1) is 0 Å². The topological polar surface area (TPSA) is 37.3 Å². The van der Waals surface area contributed by atoms with Crippen molar-refractivity contribution in [2.24, 2.45) is 5.92 Å². The highest BCUT2D eigenvalue weighted by Crippen LogP contribution is 2.18. The number of carboxylic acids is 1. The van der Waals surface area contributed by atoms with E-state index in [0.29, 0.717) is 6.42 Å². The number of aliphatic carboxylic acids is 1. The molecule has 0 aliphatic carbocycles. The fourth-order valence-corrected chi connectivity index (χ4v) is 4.28. The quantitative estimate of drug-likeness (QED) is 0.147. The summed E-state index contributed by atoms with van der Waals surface area (Å²) in [4.78, 5) is 10.2. The van der Waals surface area contributed by atoms with Gasteiger partial charge < -0.3 is 5.11 Å². The molecule has 0 amide bonds. The van der Waals surface area contributed by atoms with Gasteiger partial charge in [-0.05, 0) is 12.3 Å². The molecule has 0 aromatic rings. The predicted octanol–water partition coefficient (Wildman–Crippen LogP) is 11.1. The first-order chi connectivity index (χ1) is 15.6. The molecular formula is C30H62O2. The van der Waals surface area contributed by atoms with Gasteiger partial charge in [0.2, 0.25) is 0 Å². The molecular weight excluding hydrogens is 392 g/mol. The minimum absolute atomic E-state index is 0.343. The maximum Gasteiger partial charge on any atom is 0.303 e. The van der Waals surface area contributed by atoms with Crippen molar-refractivity contribution in [3.05, 3.63) is 0 Å². The van der Waals surface area contributed by atoms with Crippen molar-refractivity contribution in [3.63, 3.8) is 0 Å². The van der Waals surface area contributed by atoms with Crippen LogP contribution in [0.15, 0.2) is 0 Å². The molecule has 2 nitrogen and oxygen atoms in total. The van der Waals surface area contributed by atoms with Crippen LogP contribution in [0.2, 0.25) is 0 Å². The van der Waals surface area contributed by atoms with Crippen LogP contribution in [0, 0.1) is 5.92 Å². The molecule has 0 spiro atoms. The molecule has 0 aromatic heterocycles. The zero-order valence-electron chi connectivity index (χ0n) is 22.9. The largest absolute Gasteiger partial charge is 0.481 e. The van der Waals surface area contributed by atoms with E-state index in [4.69, 9.17) is 5.11 Å². The third-order valence-electron chi connectivity index (χ3n) is 6.60. The van der Waals surface area contributed by atoms with E-state index in [1.54, 1.807) is 0 Å². The summed E-state index contributed by atoms with van der Waals surface area (Å²) in [6.07, 6.45) is 31.8. The van der Waals surface area contributed by atoms with E-state index in [1.165, 1.54) is 135 Å². The minimum Gasteiger partial charge on any atom is -0.481 e. The lowest BCUT2D eigenvalue weighted by atomic mass is 9.96. The van der Waals surface area contributed by atoms with Crippen LogP contribution in [-0.2, 0) is 4.79 Å². The fourth-order valence-electron chi connectivity index (χ4n) is 4.28. The van der Waals surface area contributed by atoms with E-state index in [-0.39, 0.29) is 0 Å². The lowest BCUT2D eigenvalue weighted by Crippen LogP contribution is -1.95. The molecule has 0 saturated carbocycles. The fraction of sp³-hybridized carbons (Fsp3) is 0.967. The Labute approximate surface area is 203 Å². The highest BCUT2D eigenvalue weighted by atomic mass is 16.4. The molecule has 0 aliphatic heterocycles. The van der Waals surface area contributed by atoms with Crippen LogP contribution >= 0.6 is 0 Å². The standard InChI is InChI=1S/C18H38.C12H24O2/c1-4-6-8-10-12-14-16-18(3)17-15-13-11-9-7-5-2;1-2-3-4-5-6-7-8-9-10-11-12(13)14/h18H,4-17H2,1-3H3;2-11H2,1H3,(H,13,14). The van der Waals surface area contributed by atoms with Crippen LogP contribution in [0.4, 0.5) is 0 Å². The molecule has 0 aliphatic rings. The van der Waals surface area contributed by atoms with Gasteiger partial charge in [-0.3, -0.25) is 4.79 Å². The third-order valence-corrected chi connectivity index (χ3v) is 6.60. The number of carboxylic acid groups (broad SMARTS) is 1. The number of carbonyl (C=O) groups is 1. The zero-order chi connectivity index (χ0) is 24.1. The van der Waals surface area contributed by atoms with Crippen LogP contribution < -0.4 is 0 Å². The third kappa shape index (κ3) is 34.1. The van der Waals surface area contributed by atoms with E-state index in [9.17, 15) is 4.79 Å². The minimum atomic E-state index is -0.659. The van der Waals surface area contributed by atoms with Crippen LogP contribution in [0.3, 0.4) is 0 Å². The van der Waals surface area contributed by atoms with E-state index >= 15 is 0 Å². The molecule has 0 heterocycles. The van der Waals surface area contributed by atoms with E-state index in [1.807, 2.05) is 0 Å². The molecule has 2 heteroatoms. The van der Waals surface area contributed by atoms with Crippen molar-refractivity contribution >= 4 is 5.97 Å². The summed E-state index contributed by atoms with van der Waals surface area (Å²) < 4.78 is 0. The van der Waals surface area contributed by atoms with Gasteiger partial charge in [-0.2, -0.15) is 0 Å². The van der Waals surface area contributed by atoms with Gasteiger partial charge >= 0.3 is 5.97 Å². The van der Waals surface area contributed by atoms with Crippen molar-refractivity contribution in [2.45, 2.75) is 182 Å². The Morgan fingerprint density at radius 2 is 0.781 bits per heavy atom. The predicted molar refractivity (Wildman–Crippen MR) is 145 cm³/mol. The molecule has 0 aromatic carbocycles. The SMILES string of the molecule is CCCCCCCCC(C)CCCCCCCC.CCCCCCCCCCCC(=O)O. The van der Waals surface area contributed by atoms with Crippen LogP contribution in [0.5, 0.6) is 0 Å². The monoisotopic (exact) mass is 454 g/mol. The van der Waals surface area contributed by atoms with Gasteiger partial charge in [0.15, 0.2) is 0 Å². The Morgan fingerprint density at radius 1 is 0.500 bits per heavy atom.